The number of hydrogen-bond acceptors (Lipinski definition) is 4. The predicted octanol–water partition coefficient (Wildman–Crippen LogP) is 6.56. The van der Waals surface area contributed by atoms with E-state index in [0.29, 0.717) is 25.9 Å². The van der Waals surface area contributed by atoms with Gasteiger partial charge in [-0.1, -0.05) is 67.1 Å². The van der Waals surface area contributed by atoms with Gasteiger partial charge in [0.1, 0.15) is 0 Å². The number of alkyl halides is 4. The van der Waals surface area contributed by atoms with Crippen LogP contribution >= 0.6 is 11.6 Å². The number of hydrogen-bond donors (Lipinski definition) is 2. The molecule has 2 unspecified atom stereocenters. The summed E-state index contributed by atoms with van der Waals surface area (Å²) in [7, 11) is 0. The second-order valence-electron chi connectivity index (χ2n) is 11.8. The number of piperidine rings is 1. The quantitative estimate of drug-likeness (QED) is 0.243. The van der Waals surface area contributed by atoms with Crippen LogP contribution in [0.3, 0.4) is 0 Å². The van der Waals surface area contributed by atoms with E-state index in [-0.39, 0.29) is 30.0 Å². The molecule has 2 aliphatic rings. The molecule has 3 aromatic rings. The first-order valence-electron chi connectivity index (χ1n) is 16.0. The Morgan fingerprint density at radius 3 is 2.04 bits per heavy atom. The minimum Gasteiger partial charge on any atom is -0.350 e. The van der Waals surface area contributed by atoms with Gasteiger partial charge in [0, 0.05) is 50.1 Å². The van der Waals surface area contributed by atoms with E-state index >= 15 is 0 Å². The standard InChI is InChI=1S/C35H41F3N4O2.CH3Cl/c36-35(37,38)29-16-14-28(15-17-29)33(43)39-24-30-18-23-42(34(44)32(40-30)19-22-41-20-8-3-9-21-41)25-31(26-10-4-1-5-11-26)27-12-6-2-7-13-27;1-2/h1-2,4-7,10-17,30-32,40H,3,8-9,18-25H2,(H,39,43);1H3. The average molecular weight is 657 g/mol. The summed E-state index contributed by atoms with van der Waals surface area (Å²) in [5, 5.41) is 6.42. The smallest absolute Gasteiger partial charge is 0.350 e. The Labute approximate surface area is 275 Å². The zero-order valence-electron chi connectivity index (χ0n) is 26.3. The van der Waals surface area contributed by atoms with E-state index in [0.717, 1.165) is 42.9 Å². The minimum atomic E-state index is -4.46. The van der Waals surface area contributed by atoms with Crippen LogP contribution in [0.15, 0.2) is 84.9 Å². The highest BCUT2D eigenvalue weighted by molar-refractivity contribution is 6.15. The Morgan fingerprint density at radius 1 is 0.891 bits per heavy atom. The Kier molecular flexibility index (Phi) is 13.5. The largest absolute Gasteiger partial charge is 0.416 e. The summed E-state index contributed by atoms with van der Waals surface area (Å²) in [6.45, 7) is 4.25. The number of halogens is 4. The molecule has 2 N–H and O–H groups in total. The summed E-state index contributed by atoms with van der Waals surface area (Å²) in [4.78, 5) is 31.3. The highest BCUT2D eigenvalue weighted by Gasteiger charge is 2.33. The monoisotopic (exact) mass is 656 g/mol. The molecule has 6 nitrogen and oxygen atoms in total. The third kappa shape index (κ3) is 10.0. The van der Waals surface area contributed by atoms with Crippen molar-refractivity contribution in [3.63, 3.8) is 0 Å². The molecule has 5 rings (SSSR count). The van der Waals surface area contributed by atoms with Crippen molar-refractivity contribution < 1.29 is 22.8 Å². The van der Waals surface area contributed by atoms with E-state index in [2.05, 4.69) is 51.4 Å². The summed E-state index contributed by atoms with van der Waals surface area (Å²) in [5.41, 5.74) is 1.67. The molecule has 2 fully saturated rings. The van der Waals surface area contributed by atoms with Crippen molar-refractivity contribution in [1.82, 2.24) is 20.4 Å². The van der Waals surface area contributed by atoms with Gasteiger partial charge in [-0.15, -0.1) is 11.6 Å². The molecule has 46 heavy (non-hydrogen) atoms. The van der Waals surface area contributed by atoms with Crippen LogP contribution in [-0.4, -0.2) is 79.3 Å². The second kappa shape index (κ2) is 17.5. The van der Waals surface area contributed by atoms with Crippen molar-refractivity contribution in [3.8, 4) is 0 Å². The molecule has 0 spiro atoms. The van der Waals surface area contributed by atoms with Crippen LogP contribution in [0.1, 0.15) is 65.1 Å². The van der Waals surface area contributed by atoms with Gasteiger partial charge in [0.05, 0.1) is 11.6 Å². The number of rotatable bonds is 10. The van der Waals surface area contributed by atoms with Crippen LogP contribution in [0.2, 0.25) is 0 Å². The maximum Gasteiger partial charge on any atom is 0.416 e. The zero-order chi connectivity index (χ0) is 32.9. The number of carbonyl (C=O) groups excluding carboxylic acids is 2. The normalized spacial score (nSPS) is 19.3. The fourth-order valence-corrected chi connectivity index (χ4v) is 6.25. The summed E-state index contributed by atoms with van der Waals surface area (Å²) in [6.07, 6.45) is 1.90. The van der Waals surface area contributed by atoms with Crippen LogP contribution in [0.5, 0.6) is 0 Å². The molecule has 0 aliphatic carbocycles. The number of likely N-dealkylation sites (tertiary alicyclic amines) is 1. The molecule has 3 aromatic carbocycles. The third-order valence-electron chi connectivity index (χ3n) is 8.77. The van der Waals surface area contributed by atoms with Gasteiger partial charge in [-0.2, -0.15) is 13.2 Å². The Morgan fingerprint density at radius 2 is 1.48 bits per heavy atom. The van der Waals surface area contributed by atoms with Crippen molar-refractivity contribution in [2.45, 2.75) is 56.3 Å². The van der Waals surface area contributed by atoms with Crippen molar-refractivity contribution in [3.05, 3.63) is 107 Å². The molecule has 0 saturated carbocycles. The van der Waals surface area contributed by atoms with E-state index in [1.54, 1.807) is 0 Å². The van der Waals surface area contributed by atoms with Crippen LogP contribution < -0.4 is 10.6 Å². The van der Waals surface area contributed by atoms with Gasteiger partial charge < -0.3 is 20.4 Å². The first-order valence-corrected chi connectivity index (χ1v) is 16.7. The lowest BCUT2D eigenvalue weighted by Crippen LogP contribution is -2.50. The van der Waals surface area contributed by atoms with Gasteiger partial charge in [0.2, 0.25) is 5.91 Å². The summed E-state index contributed by atoms with van der Waals surface area (Å²) >= 11 is 4.64. The second-order valence-corrected chi connectivity index (χ2v) is 11.8. The minimum absolute atomic E-state index is 0.0139. The molecule has 0 bridgehead atoms. The summed E-state index contributed by atoms with van der Waals surface area (Å²) < 4.78 is 38.9. The fraction of sp³-hybridized carbons (Fsp3) is 0.444. The molecule has 0 radical (unpaired) electrons. The van der Waals surface area contributed by atoms with Crippen LogP contribution in [0.25, 0.3) is 0 Å². The Bertz CT molecular complexity index is 1310. The molecule has 10 heteroatoms. The first kappa shape index (κ1) is 35.5. The van der Waals surface area contributed by atoms with Crippen molar-refractivity contribution in [1.29, 1.82) is 0 Å². The van der Waals surface area contributed by atoms with Crippen LogP contribution in [0, 0.1) is 0 Å². The lowest BCUT2D eigenvalue weighted by atomic mass is 9.90. The van der Waals surface area contributed by atoms with Gasteiger partial charge in [-0.3, -0.25) is 9.59 Å². The number of nitrogens with one attached hydrogen (secondary N) is 2. The average Bonchev–Trinajstić information content (AvgIpc) is 3.24. The zero-order valence-corrected chi connectivity index (χ0v) is 27.1. The van der Waals surface area contributed by atoms with Gasteiger partial charge in [-0.25, -0.2) is 0 Å². The van der Waals surface area contributed by atoms with Gasteiger partial charge in [0.25, 0.3) is 5.91 Å². The highest BCUT2D eigenvalue weighted by Crippen LogP contribution is 2.29. The fourth-order valence-electron chi connectivity index (χ4n) is 6.25. The van der Waals surface area contributed by atoms with Crippen LogP contribution in [-0.2, 0) is 11.0 Å². The number of amides is 2. The SMILES string of the molecule is CCl.O=C(NCC1CCN(CC(c2ccccc2)c2ccccc2)C(=O)C(CCN2CCCCC2)N1)c1ccc(C(F)(F)F)cc1. The Hall–Kier alpha value is -3.40. The number of carbonyl (C=O) groups is 2. The van der Waals surface area contributed by atoms with Crippen molar-refractivity contribution in [2.75, 3.05) is 45.7 Å². The van der Waals surface area contributed by atoms with Crippen LogP contribution in [0.4, 0.5) is 13.2 Å². The maximum absolute atomic E-state index is 14.1. The molecular weight excluding hydrogens is 613 g/mol. The van der Waals surface area contributed by atoms with Gasteiger partial charge in [0.15, 0.2) is 0 Å². The maximum atomic E-state index is 14.1. The molecule has 2 aliphatic heterocycles. The molecule has 2 atom stereocenters. The van der Waals surface area contributed by atoms with E-state index in [9.17, 15) is 22.8 Å². The van der Waals surface area contributed by atoms with E-state index in [1.807, 2.05) is 41.3 Å². The lowest BCUT2D eigenvalue weighted by molar-refractivity contribution is -0.137. The molecule has 0 aromatic heterocycles. The van der Waals surface area contributed by atoms with E-state index < -0.39 is 23.7 Å². The first-order chi connectivity index (χ1) is 22.3. The van der Waals surface area contributed by atoms with E-state index in [4.69, 9.17) is 0 Å². The predicted molar refractivity (Wildman–Crippen MR) is 177 cm³/mol. The van der Waals surface area contributed by atoms with Gasteiger partial charge in [-0.05, 0) is 74.2 Å². The lowest BCUT2D eigenvalue weighted by Gasteiger charge is -2.31. The molecule has 248 valence electrons. The van der Waals surface area contributed by atoms with Gasteiger partial charge >= 0.3 is 6.18 Å². The van der Waals surface area contributed by atoms with E-state index in [1.165, 1.54) is 37.8 Å². The Balaban J connectivity index is 0.00000235. The van der Waals surface area contributed by atoms with Crippen molar-refractivity contribution >= 4 is 23.4 Å². The summed E-state index contributed by atoms with van der Waals surface area (Å²) in [6, 6.07) is 24.1. The summed E-state index contributed by atoms with van der Waals surface area (Å²) in [5.74, 6) is -0.360. The molecule has 2 amide bonds. The topological polar surface area (TPSA) is 64.7 Å². The van der Waals surface area contributed by atoms with Crippen molar-refractivity contribution in [2.24, 2.45) is 0 Å². The molecule has 2 heterocycles. The molecule has 2 saturated heterocycles. The highest BCUT2D eigenvalue weighted by atomic mass is 35.5. The number of nitrogens with zero attached hydrogens (tertiary/aromatic N) is 2. The number of benzene rings is 3. The third-order valence-corrected chi connectivity index (χ3v) is 8.77. The molecular formula is C36H44ClF3N4O2.